The van der Waals surface area contributed by atoms with E-state index in [0.717, 1.165) is 0 Å². The number of aliphatic hydroxyl groups is 1. The number of nitrogens with zero attached hydrogens (tertiary/aromatic N) is 1. The molecule has 1 aromatic heterocycles. The van der Waals surface area contributed by atoms with Crippen LogP contribution >= 0.6 is 0 Å². The molecule has 0 spiro atoms. The highest BCUT2D eigenvalue weighted by Gasteiger charge is 2.56. The minimum Gasteiger partial charge on any atom is -0.495 e. The first kappa shape index (κ1) is 25.8. The molecule has 37 heavy (non-hydrogen) atoms. The fourth-order valence-electron chi connectivity index (χ4n) is 4.99. The van der Waals surface area contributed by atoms with Crippen molar-refractivity contribution in [2.75, 3.05) is 24.9 Å². The van der Waals surface area contributed by atoms with Gasteiger partial charge >= 0.3 is 0 Å². The van der Waals surface area contributed by atoms with Crippen LogP contribution in [0.1, 0.15) is 24.8 Å². The fraction of sp³-hybridized carbons (Fsp3) is 0.286. The number of amides is 2. The van der Waals surface area contributed by atoms with Gasteiger partial charge in [0.1, 0.15) is 23.2 Å². The van der Waals surface area contributed by atoms with Crippen molar-refractivity contribution in [2.24, 2.45) is 11.8 Å². The lowest BCUT2D eigenvalue weighted by molar-refractivity contribution is -0.150. The molecule has 4 atom stereocenters. The monoisotopic (exact) mass is 503 g/mol. The highest BCUT2D eigenvalue weighted by Crippen LogP contribution is 2.47. The third-order valence-electron chi connectivity index (χ3n) is 6.65. The number of carbonyl (C=O) groups excluding carboxylic acids is 3. The first-order chi connectivity index (χ1) is 17.8. The number of nitrogens with one attached hydrogen (secondary N) is 2. The minimum atomic E-state index is -1.72. The number of pyridine rings is 1. The van der Waals surface area contributed by atoms with E-state index in [1.165, 1.54) is 33.5 Å². The van der Waals surface area contributed by atoms with Crippen molar-refractivity contribution >= 4 is 29.0 Å². The van der Waals surface area contributed by atoms with Crippen molar-refractivity contribution in [3.63, 3.8) is 0 Å². The summed E-state index contributed by atoms with van der Waals surface area (Å²) in [6, 6.07) is 17.0. The molecule has 4 rings (SSSR count). The highest BCUT2D eigenvalue weighted by molar-refractivity contribution is 6.11. The van der Waals surface area contributed by atoms with Crippen molar-refractivity contribution < 1.29 is 29.0 Å². The van der Waals surface area contributed by atoms with Gasteiger partial charge in [-0.2, -0.15) is 0 Å². The summed E-state index contributed by atoms with van der Waals surface area (Å²) in [6.45, 7) is 1.44. The lowest BCUT2D eigenvalue weighted by atomic mass is 9.61. The molecule has 1 aliphatic rings. The highest BCUT2D eigenvalue weighted by atomic mass is 16.5. The molecule has 0 aliphatic heterocycles. The third kappa shape index (κ3) is 5.31. The van der Waals surface area contributed by atoms with Crippen LogP contribution in [-0.2, 0) is 14.4 Å². The predicted octanol–water partition coefficient (Wildman–Crippen LogP) is 3.42. The van der Waals surface area contributed by atoms with Gasteiger partial charge in [-0.15, -0.1) is 0 Å². The zero-order valence-corrected chi connectivity index (χ0v) is 20.8. The number of hydrogen-bond donors (Lipinski definition) is 3. The fourth-order valence-corrected chi connectivity index (χ4v) is 4.99. The van der Waals surface area contributed by atoms with Gasteiger partial charge in [0.2, 0.25) is 11.8 Å². The number of methoxy groups -OCH3 is 2. The maximum absolute atomic E-state index is 13.8. The molecule has 0 saturated heterocycles. The average molecular weight is 504 g/mol. The Bertz CT molecular complexity index is 1290. The van der Waals surface area contributed by atoms with Crippen molar-refractivity contribution in [2.45, 2.75) is 24.9 Å². The van der Waals surface area contributed by atoms with Crippen molar-refractivity contribution in [1.82, 2.24) is 4.98 Å². The van der Waals surface area contributed by atoms with Gasteiger partial charge in [-0.3, -0.25) is 19.4 Å². The van der Waals surface area contributed by atoms with Crippen LogP contribution in [0.4, 0.5) is 11.4 Å². The minimum absolute atomic E-state index is 0.372. The summed E-state index contributed by atoms with van der Waals surface area (Å²) in [7, 11) is 2.96. The Hall–Kier alpha value is -4.24. The second kappa shape index (κ2) is 10.8. The smallest absolute Gasteiger partial charge is 0.235 e. The topological polar surface area (TPSA) is 127 Å². The zero-order valence-electron chi connectivity index (χ0n) is 20.8. The summed E-state index contributed by atoms with van der Waals surface area (Å²) in [5.74, 6) is -4.11. The molecule has 1 heterocycles. The third-order valence-corrected chi connectivity index (χ3v) is 6.65. The Kier molecular flexibility index (Phi) is 7.54. The SMILES string of the molecule is COc1ccccc1NC(=O)C1C(=O)CC(C)(O)C(C(=O)Nc2ccccc2OC)C1c1ccncc1. The summed E-state index contributed by atoms with van der Waals surface area (Å²) in [5.41, 5.74) is -0.392. The normalized spacial score (nSPS) is 23.1. The first-order valence-electron chi connectivity index (χ1n) is 11.8. The van der Waals surface area contributed by atoms with Crippen molar-refractivity contribution in [3.8, 4) is 11.5 Å². The van der Waals surface area contributed by atoms with Gasteiger partial charge in [0, 0.05) is 24.7 Å². The predicted molar refractivity (Wildman–Crippen MR) is 137 cm³/mol. The van der Waals surface area contributed by atoms with E-state index in [-0.39, 0.29) is 6.42 Å². The number of hydrogen-bond acceptors (Lipinski definition) is 7. The van der Waals surface area contributed by atoms with E-state index in [0.29, 0.717) is 28.4 Å². The molecular formula is C28H29N3O6. The molecule has 4 unspecified atom stereocenters. The van der Waals surface area contributed by atoms with Gasteiger partial charge in [-0.1, -0.05) is 24.3 Å². The quantitative estimate of drug-likeness (QED) is 0.422. The Morgan fingerprint density at radius 2 is 1.41 bits per heavy atom. The van der Waals surface area contributed by atoms with Gasteiger partial charge in [0.15, 0.2) is 0 Å². The zero-order chi connectivity index (χ0) is 26.6. The number of aromatic nitrogens is 1. The second-order valence-electron chi connectivity index (χ2n) is 9.14. The number of para-hydroxylation sites is 4. The molecular weight excluding hydrogens is 474 g/mol. The summed E-state index contributed by atoms with van der Waals surface area (Å²) in [6.07, 6.45) is 2.67. The van der Waals surface area contributed by atoms with Crippen LogP contribution in [-0.4, -0.2) is 47.5 Å². The summed E-state index contributed by atoms with van der Waals surface area (Å²) >= 11 is 0. The van der Waals surface area contributed by atoms with Gasteiger partial charge in [0.05, 0.1) is 37.1 Å². The molecule has 2 amide bonds. The van der Waals surface area contributed by atoms with Crippen LogP contribution in [0.15, 0.2) is 73.1 Å². The van der Waals surface area contributed by atoms with Crippen LogP contribution in [0.2, 0.25) is 0 Å². The lowest BCUT2D eigenvalue weighted by Crippen LogP contribution is -2.56. The Labute approximate surface area is 214 Å². The molecule has 3 aromatic rings. The molecule has 9 nitrogen and oxygen atoms in total. The van der Waals surface area contributed by atoms with Gasteiger partial charge in [0.25, 0.3) is 0 Å². The van der Waals surface area contributed by atoms with E-state index in [1.54, 1.807) is 60.7 Å². The van der Waals surface area contributed by atoms with E-state index < -0.39 is 41.0 Å². The summed E-state index contributed by atoms with van der Waals surface area (Å²) < 4.78 is 10.7. The Morgan fingerprint density at radius 1 is 0.892 bits per heavy atom. The number of Topliss-reactive ketones (excluding diaryl/α,β-unsaturated/α-hetero) is 1. The molecule has 1 aliphatic carbocycles. The molecule has 0 bridgehead atoms. The first-order valence-corrected chi connectivity index (χ1v) is 11.8. The largest absolute Gasteiger partial charge is 0.495 e. The standard InChI is InChI=1S/C28H29N3O6/c1-28(35)16-20(32)24(26(33)30-18-8-4-6-10-21(18)36-2)23(17-12-14-29-15-13-17)25(28)27(34)31-19-9-5-7-11-22(19)37-3/h4-15,23-25,35H,16H2,1-3H3,(H,30,33)(H,31,34). The molecule has 3 N–H and O–H groups in total. The van der Waals surface area contributed by atoms with E-state index in [1.807, 2.05) is 0 Å². The van der Waals surface area contributed by atoms with E-state index in [2.05, 4.69) is 15.6 Å². The van der Waals surface area contributed by atoms with Gasteiger partial charge in [-0.25, -0.2) is 0 Å². The van der Waals surface area contributed by atoms with Crippen LogP contribution in [0.3, 0.4) is 0 Å². The molecule has 1 fully saturated rings. The number of ketones is 1. The molecule has 9 heteroatoms. The van der Waals surface area contributed by atoms with Crippen LogP contribution in [0.25, 0.3) is 0 Å². The maximum atomic E-state index is 13.8. The van der Waals surface area contributed by atoms with E-state index in [9.17, 15) is 19.5 Å². The number of rotatable bonds is 7. The van der Waals surface area contributed by atoms with E-state index in [4.69, 9.17) is 9.47 Å². The molecule has 1 saturated carbocycles. The van der Waals surface area contributed by atoms with Crippen LogP contribution in [0, 0.1) is 11.8 Å². The van der Waals surface area contributed by atoms with E-state index >= 15 is 0 Å². The summed E-state index contributed by atoms with van der Waals surface area (Å²) in [4.78, 5) is 44.8. The number of carbonyl (C=O) groups is 3. The van der Waals surface area contributed by atoms with Gasteiger partial charge < -0.3 is 25.2 Å². The maximum Gasteiger partial charge on any atom is 0.235 e. The Balaban J connectivity index is 1.76. The number of anilines is 2. The number of ether oxygens (including phenoxy) is 2. The molecule has 192 valence electrons. The average Bonchev–Trinajstić information content (AvgIpc) is 2.88. The molecule has 2 aromatic carbocycles. The van der Waals surface area contributed by atoms with Crippen LogP contribution in [0.5, 0.6) is 11.5 Å². The Morgan fingerprint density at radius 3 is 1.95 bits per heavy atom. The van der Waals surface area contributed by atoms with Crippen molar-refractivity contribution in [1.29, 1.82) is 0 Å². The van der Waals surface area contributed by atoms with Gasteiger partial charge in [-0.05, 0) is 48.9 Å². The summed E-state index contributed by atoms with van der Waals surface area (Å²) in [5, 5.41) is 17.0. The van der Waals surface area contributed by atoms with Crippen molar-refractivity contribution in [3.05, 3.63) is 78.6 Å². The molecule has 0 radical (unpaired) electrons. The number of benzene rings is 2. The second-order valence-corrected chi connectivity index (χ2v) is 9.14. The van der Waals surface area contributed by atoms with Crippen LogP contribution < -0.4 is 20.1 Å². The lowest BCUT2D eigenvalue weighted by Gasteiger charge is -2.44.